The van der Waals surface area contributed by atoms with E-state index in [0.717, 1.165) is 25.6 Å². The van der Waals surface area contributed by atoms with E-state index in [1.54, 1.807) is 0 Å². The average Bonchev–Trinajstić information content (AvgIpc) is 2.36. The van der Waals surface area contributed by atoms with Crippen molar-refractivity contribution in [3.63, 3.8) is 0 Å². The monoisotopic (exact) mass is 155 g/mol. The van der Waals surface area contributed by atoms with Gasteiger partial charge in [0.2, 0.25) is 0 Å². The molecule has 2 heteroatoms. The lowest BCUT2D eigenvalue weighted by atomic mass is 9.86. The molecule has 2 fully saturated rings. The highest BCUT2D eigenvalue weighted by molar-refractivity contribution is 4.74. The van der Waals surface area contributed by atoms with Crippen molar-refractivity contribution in [2.45, 2.75) is 31.8 Å². The van der Waals surface area contributed by atoms with Gasteiger partial charge in [-0.15, -0.1) is 0 Å². The molecule has 2 nitrogen and oxygen atoms in total. The highest BCUT2D eigenvalue weighted by Crippen LogP contribution is 2.26. The zero-order valence-electron chi connectivity index (χ0n) is 7.01. The van der Waals surface area contributed by atoms with Crippen LogP contribution in [0.3, 0.4) is 0 Å². The van der Waals surface area contributed by atoms with Gasteiger partial charge in [-0.1, -0.05) is 6.42 Å². The van der Waals surface area contributed by atoms with E-state index in [0.29, 0.717) is 6.10 Å². The Labute approximate surface area is 68.3 Å². The lowest BCUT2D eigenvalue weighted by Crippen LogP contribution is -2.24. The van der Waals surface area contributed by atoms with Crippen LogP contribution >= 0.6 is 0 Å². The minimum Gasteiger partial charge on any atom is -0.377 e. The van der Waals surface area contributed by atoms with Gasteiger partial charge in [-0.3, -0.25) is 0 Å². The number of hydrogen-bond acceptors (Lipinski definition) is 2. The van der Waals surface area contributed by atoms with Crippen molar-refractivity contribution in [1.29, 1.82) is 0 Å². The van der Waals surface area contributed by atoms with Crippen LogP contribution in [0, 0.1) is 5.92 Å². The fourth-order valence-corrected chi connectivity index (χ4v) is 1.70. The van der Waals surface area contributed by atoms with Gasteiger partial charge in [0.05, 0.1) is 6.10 Å². The molecule has 0 aromatic heterocycles. The molecule has 1 heterocycles. The van der Waals surface area contributed by atoms with Crippen molar-refractivity contribution in [3.05, 3.63) is 0 Å². The number of nitrogens with one attached hydrogen (secondary N) is 1. The van der Waals surface area contributed by atoms with Crippen LogP contribution in [0.5, 0.6) is 0 Å². The van der Waals surface area contributed by atoms with Gasteiger partial charge in [-0.05, 0) is 31.7 Å². The molecule has 1 N–H and O–H groups in total. The Morgan fingerprint density at radius 1 is 1.27 bits per heavy atom. The first-order valence-corrected chi connectivity index (χ1v) is 4.77. The van der Waals surface area contributed by atoms with Gasteiger partial charge in [0, 0.05) is 13.2 Å². The fourth-order valence-electron chi connectivity index (χ4n) is 1.70. The molecule has 64 valence electrons. The summed E-state index contributed by atoms with van der Waals surface area (Å²) in [5.74, 6) is 0.899. The van der Waals surface area contributed by atoms with E-state index in [4.69, 9.17) is 4.74 Å². The average molecular weight is 155 g/mol. The summed E-state index contributed by atoms with van der Waals surface area (Å²) in [6.45, 7) is 3.24. The van der Waals surface area contributed by atoms with Gasteiger partial charge >= 0.3 is 0 Å². The smallest absolute Gasteiger partial charge is 0.0711 e. The summed E-state index contributed by atoms with van der Waals surface area (Å²) in [4.78, 5) is 0. The molecule has 1 atom stereocenters. The highest BCUT2D eigenvalue weighted by Gasteiger charge is 2.21. The molecular weight excluding hydrogens is 138 g/mol. The van der Waals surface area contributed by atoms with Gasteiger partial charge in [0.1, 0.15) is 0 Å². The Hall–Kier alpha value is -0.0800. The maximum Gasteiger partial charge on any atom is 0.0711 e. The molecule has 0 spiro atoms. The van der Waals surface area contributed by atoms with Crippen LogP contribution in [0.25, 0.3) is 0 Å². The lowest BCUT2D eigenvalue weighted by Gasteiger charge is -2.26. The highest BCUT2D eigenvalue weighted by atomic mass is 16.5. The first-order chi connectivity index (χ1) is 5.45. The van der Waals surface area contributed by atoms with Gasteiger partial charge < -0.3 is 10.1 Å². The van der Waals surface area contributed by atoms with Gasteiger partial charge in [-0.25, -0.2) is 0 Å². The third kappa shape index (κ3) is 1.94. The fraction of sp³-hybridized carbons (Fsp3) is 1.00. The lowest BCUT2D eigenvalue weighted by molar-refractivity contribution is 0.0212. The summed E-state index contributed by atoms with van der Waals surface area (Å²) >= 11 is 0. The Balaban J connectivity index is 1.57. The zero-order valence-corrected chi connectivity index (χ0v) is 7.01. The van der Waals surface area contributed by atoms with Crippen molar-refractivity contribution in [2.24, 2.45) is 5.92 Å². The summed E-state index contributed by atoms with van der Waals surface area (Å²) < 4.78 is 5.74. The van der Waals surface area contributed by atoms with Crippen molar-refractivity contribution in [1.82, 2.24) is 5.32 Å². The molecule has 0 amide bonds. The van der Waals surface area contributed by atoms with Crippen molar-refractivity contribution in [2.75, 3.05) is 19.7 Å². The predicted octanol–water partition coefficient (Wildman–Crippen LogP) is 1.17. The minimum absolute atomic E-state index is 0.524. The second-order valence-electron chi connectivity index (χ2n) is 3.75. The molecular formula is C9H17NO. The Bertz CT molecular complexity index is 117. The molecule has 1 aliphatic carbocycles. The van der Waals surface area contributed by atoms with Crippen LogP contribution in [0.1, 0.15) is 25.7 Å². The molecule has 1 unspecified atom stereocenters. The van der Waals surface area contributed by atoms with Crippen molar-refractivity contribution < 1.29 is 4.74 Å². The van der Waals surface area contributed by atoms with E-state index in [-0.39, 0.29) is 0 Å². The maximum absolute atomic E-state index is 5.74. The summed E-state index contributed by atoms with van der Waals surface area (Å²) in [6.07, 6.45) is 5.97. The molecule has 0 aromatic carbocycles. The third-order valence-electron chi connectivity index (χ3n) is 2.81. The van der Waals surface area contributed by atoms with E-state index in [9.17, 15) is 0 Å². The molecule has 11 heavy (non-hydrogen) atoms. The van der Waals surface area contributed by atoms with Gasteiger partial charge in [-0.2, -0.15) is 0 Å². The van der Waals surface area contributed by atoms with Crippen LogP contribution in [-0.4, -0.2) is 25.8 Å². The summed E-state index contributed by atoms with van der Waals surface area (Å²) in [5.41, 5.74) is 0. The molecule has 0 aromatic rings. The Morgan fingerprint density at radius 3 is 2.73 bits per heavy atom. The van der Waals surface area contributed by atoms with E-state index in [1.165, 1.54) is 25.7 Å². The van der Waals surface area contributed by atoms with E-state index < -0.39 is 0 Å². The molecule has 0 radical (unpaired) electrons. The molecule has 2 aliphatic rings. The largest absolute Gasteiger partial charge is 0.377 e. The maximum atomic E-state index is 5.74. The van der Waals surface area contributed by atoms with Crippen LogP contribution < -0.4 is 5.32 Å². The van der Waals surface area contributed by atoms with Crippen LogP contribution in [0.2, 0.25) is 0 Å². The second-order valence-corrected chi connectivity index (χ2v) is 3.75. The van der Waals surface area contributed by atoms with Crippen molar-refractivity contribution >= 4 is 0 Å². The molecule has 1 aliphatic heterocycles. The zero-order chi connectivity index (χ0) is 7.52. The minimum atomic E-state index is 0.524. The molecule has 2 rings (SSSR count). The Kier molecular flexibility index (Phi) is 2.44. The summed E-state index contributed by atoms with van der Waals surface area (Å²) in [6, 6.07) is 0. The van der Waals surface area contributed by atoms with E-state index in [2.05, 4.69) is 5.32 Å². The second kappa shape index (κ2) is 3.55. The predicted molar refractivity (Wildman–Crippen MR) is 44.6 cm³/mol. The van der Waals surface area contributed by atoms with E-state index >= 15 is 0 Å². The molecule has 1 saturated heterocycles. The Morgan fingerprint density at radius 2 is 2.18 bits per heavy atom. The van der Waals surface area contributed by atoms with Crippen molar-refractivity contribution in [3.8, 4) is 0 Å². The van der Waals surface area contributed by atoms with Crippen LogP contribution in [-0.2, 0) is 4.74 Å². The molecule has 1 saturated carbocycles. The third-order valence-corrected chi connectivity index (χ3v) is 2.81. The van der Waals surface area contributed by atoms with Gasteiger partial charge in [0.25, 0.3) is 0 Å². The van der Waals surface area contributed by atoms with E-state index in [1.807, 2.05) is 0 Å². The van der Waals surface area contributed by atoms with Gasteiger partial charge in [0.15, 0.2) is 0 Å². The number of hydrogen-bond donors (Lipinski definition) is 1. The SMILES string of the molecule is C1CC(COC2CCNC2)C1. The normalized spacial score (nSPS) is 32.2. The first-order valence-electron chi connectivity index (χ1n) is 4.77. The summed E-state index contributed by atoms with van der Waals surface area (Å²) in [5, 5.41) is 3.31. The summed E-state index contributed by atoms with van der Waals surface area (Å²) in [7, 11) is 0. The topological polar surface area (TPSA) is 21.3 Å². The first kappa shape index (κ1) is 7.56. The van der Waals surface area contributed by atoms with Crippen LogP contribution in [0.15, 0.2) is 0 Å². The molecule has 0 bridgehead atoms. The standard InChI is InChI=1S/C9H17NO/c1-2-8(3-1)7-11-9-4-5-10-6-9/h8-10H,1-7H2. The quantitative estimate of drug-likeness (QED) is 0.660. The number of rotatable bonds is 3. The van der Waals surface area contributed by atoms with Crippen LogP contribution in [0.4, 0.5) is 0 Å². The number of ether oxygens (including phenoxy) is 1.